The van der Waals surface area contributed by atoms with E-state index in [0.717, 1.165) is 9.78 Å². The summed E-state index contributed by atoms with van der Waals surface area (Å²) in [5, 5.41) is 4.14. The molecule has 7 nitrogen and oxygen atoms in total. The molecule has 2 aromatic carbocycles. The number of fused-ring (bicyclic) bond motifs is 1. The third-order valence-corrected chi connectivity index (χ3v) is 6.86. The van der Waals surface area contributed by atoms with Crippen molar-refractivity contribution < 1.29 is 24.0 Å². The Morgan fingerprint density at radius 3 is 2.36 bits per heavy atom. The quantitative estimate of drug-likeness (QED) is 0.390. The monoisotopic (exact) mass is 482 g/mol. The maximum absolute atomic E-state index is 13.5. The number of thiophene rings is 1. The first kappa shape index (κ1) is 21.6. The molecule has 5 rings (SSSR count). The van der Waals surface area contributed by atoms with E-state index in [9.17, 15) is 14.4 Å². The Balaban J connectivity index is 1.48. The first-order valence-electron chi connectivity index (χ1n) is 10.4. The number of imide groups is 1. The minimum absolute atomic E-state index is 0.263. The number of benzene rings is 2. The molecule has 2 saturated heterocycles. The van der Waals surface area contributed by atoms with Gasteiger partial charge in [0.05, 0.1) is 23.5 Å². The van der Waals surface area contributed by atoms with Crippen molar-refractivity contribution in [3.05, 3.63) is 81.5 Å². The van der Waals surface area contributed by atoms with E-state index in [-0.39, 0.29) is 12.5 Å². The molecule has 0 saturated carbocycles. The highest BCUT2D eigenvalue weighted by molar-refractivity contribution is 7.10. The van der Waals surface area contributed by atoms with Crippen LogP contribution in [0.1, 0.15) is 28.2 Å². The van der Waals surface area contributed by atoms with Crippen LogP contribution in [0, 0.1) is 5.92 Å². The van der Waals surface area contributed by atoms with Gasteiger partial charge >= 0.3 is 5.97 Å². The molecule has 0 unspecified atom stereocenters. The molecule has 0 spiro atoms. The number of amides is 2. The fraction of sp³-hybridized carbons (Fsp3) is 0.208. The molecule has 9 heteroatoms. The second-order valence-corrected chi connectivity index (χ2v) is 9.01. The van der Waals surface area contributed by atoms with Gasteiger partial charge in [0.2, 0.25) is 5.91 Å². The van der Waals surface area contributed by atoms with Crippen molar-refractivity contribution in [1.29, 1.82) is 0 Å². The minimum Gasteiger partial charge on any atom is -0.462 e. The van der Waals surface area contributed by atoms with E-state index in [1.54, 1.807) is 60.5 Å². The van der Waals surface area contributed by atoms with Crippen molar-refractivity contribution in [1.82, 2.24) is 0 Å². The lowest BCUT2D eigenvalue weighted by Crippen LogP contribution is -2.37. The fourth-order valence-electron chi connectivity index (χ4n) is 4.19. The van der Waals surface area contributed by atoms with Gasteiger partial charge in [-0.2, -0.15) is 0 Å². The molecular formula is C24H19ClN2O5S. The van der Waals surface area contributed by atoms with Crippen LogP contribution >= 0.6 is 22.9 Å². The van der Waals surface area contributed by atoms with E-state index < -0.39 is 29.9 Å². The number of nitrogens with zero attached hydrogens (tertiary/aromatic N) is 2. The Morgan fingerprint density at radius 2 is 1.73 bits per heavy atom. The van der Waals surface area contributed by atoms with Gasteiger partial charge in [0.1, 0.15) is 12.0 Å². The summed E-state index contributed by atoms with van der Waals surface area (Å²) < 4.78 is 4.99. The Morgan fingerprint density at radius 1 is 1.03 bits per heavy atom. The molecular weight excluding hydrogens is 464 g/mol. The van der Waals surface area contributed by atoms with Gasteiger partial charge in [0, 0.05) is 9.90 Å². The lowest BCUT2D eigenvalue weighted by atomic mass is 9.95. The molecule has 2 fully saturated rings. The summed E-state index contributed by atoms with van der Waals surface area (Å²) in [6.07, 6.45) is -0.954. The lowest BCUT2D eigenvalue weighted by molar-refractivity contribution is -0.126. The number of ether oxygens (including phenoxy) is 1. The first-order chi connectivity index (χ1) is 16.0. The normalized spacial score (nSPS) is 22.1. The summed E-state index contributed by atoms with van der Waals surface area (Å²) >= 11 is 7.53. The molecule has 2 aliphatic rings. The number of carbonyl (C=O) groups is 3. The number of esters is 1. The van der Waals surface area contributed by atoms with Crippen molar-refractivity contribution in [2.75, 3.05) is 16.6 Å². The van der Waals surface area contributed by atoms with Crippen LogP contribution in [0.5, 0.6) is 0 Å². The smallest absolute Gasteiger partial charge is 0.338 e. The lowest BCUT2D eigenvalue weighted by Gasteiger charge is -2.27. The minimum atomic E-state index is -0.954. The average Bonchev–Trinajstić information content (AvgIpc) is 3.52. The third-order valence-electron chi connectivity index (χ3n) is 5.67. The molecule has 3 heterocycles. The van der Waals surface area contributed by atoms with Gasteiger partial charge in [-0.25, -0.2) is 14.8 Å². The van der Waals surface area contributed by atoms with Crippen molar-refractivity contribution in [3.8, 4) is 0 Å². The third kappa shape index (κ3) is 3.70. The number of carbonyl (C=O) groups excluding carboxylic acids is 3. The van der Waals surface area contributed by atoms with Crippen molar-refractivity contribution in [3.63, 3.8) is 0 Å². The highest BCUT2D eigenvalue weighted by Gasteiger charge is 2.60. The second-order valence-electron chi connectivity index (χ2n) is 7.59. The summed E-state index contributed by atoms with van der Waals surface area (Å²) in [6, 6.07) is 16.7. The second kappa shape index (κ2) is 8.62. The predicted octanol–water partition coefficient (Wildman–Crippen LogP) is 4.63. The number of anilines is 2. The largest absolute Gasteiger partial charge is 0.462 e. The van der Waals surface area contributed by atoms with E-state index in [1.165, 1.54) is 11.3 Å². The molecule has 2 amide bonds. The van der Waals surface area contributed by atoms with Gasteiger partial charge in [-0.1, -0.05) is 17.7 Å². The van der Waals surface area contributed by atoms with Crippen LogP contribution in [0.25, 0.3) is 0 Å². The van der Waals surface area contributed by atoms with Crippen LogP contribution in [0.2, 0.25) is 5.02 Å². The predicted molar refractivity (Wildman–Crippen MR) is 124 cm³/mol. The fourth-order valence-corrected chi connectivity index (χ4v) is 5.17. The van der Waals surface area contributed by atoms with Gasteiger partial charge in [-0.15, -0.1) is 11.3 Å². The van der Waals surface area contributed by atoms with E-state index in [1.807, 2.05) is 17.5 Å². The zero-order valence-electron chi connectivity index (χ0n) is 17.5. The van der Waals surface area contributed by atoms with Crippen LogP contribution in [0.15, 0.2) is 66.0 Å². The Kier molecular flexibility index (Phi) is 5.65. The topological polar surface area (TPSA) is 76.2 Å². The number of hydrogen-bond acceptors (Lipinski definition) is 7. The molecule has 0 radical (unpaired) electrons. The van der Waals surface area contributed by atoms with Crippen molar-refractivity contribution >= 4 is 52.1 Å². The molecule has 3 aromatic rings. The van der Waals surface area contributed by atoms with Crippen LogP contribution in [-0.2, 0) is 19.2 Å². The maximum Gasteiger partial charge on any atom is 0.338 e. The number of rotatable bonds is 5. The van der Waals surface area contributed by atoms with Crippen LogP contribution < -0.4 is 9.96 Å². The van der Waals surface area contributed by atoms with E-state index >= 15 is 0 Å². The molecule has 0 N–H and O–H groups in total. The zero-order valence-corrected chi connectivity index (χ0v) is 19.1. The maximum atomic E-state index is 13.5. The number of hydrogen-bond donors (Lipinski definition) is 0. The molecule has 1 aromatic heterocycles. The van der Waals surface area contributed by atoms with E-state index in [2.05, 4.69) is 0 Å². The SMILES string of the molecule is CCOC(=O)c1ccc(N2C(=O)[C@@H]3[C@H](ON(c4ccc(Cl)cc4)[C@@H]3c3cccs3)C2=O)cc1. The number of halogens is 1. The van der Waals surface area contributed by atoms with Crippen molar-refractivity contribution in [2.24, 2.45) is 5.92 Å². The summed E-state index contributed by atoms with van der Waals surface area (Å²) in [7, 11) is 0. The Hall–Kier alpha value is -3.20. The van der Waals surface area contributed by atoms with Gasteiger partial charge in [0.15, 0.2) is 6.10 Å². The highest BCUT2D eigenvalue weighted by Crippen LogP contribution is 2.48. The molecule has 2 aliphatic heterocycles. The van der Waals surface area contributed by atoms with Gasteiger partial charge in [-0.3, -0.25) is 14.4 Å². The summed E-state index contributed by atoms with van der Waals surface area (Å²) in [6.45, 7) is 1.99. The summed E-state index contributed by atoms with van der Waals surface area (Å²) in [4.78, 5) is 46.9. The van der Waals surface area contributed by atoms with E-state index in [4.69, 9.17) is 21.2 Å². The van der Waals surface area contributed by atoms with Gasteiger partial charge in [0.25, 0.3) is 5.91 Å². The van der Waals surface area contributed by atoms with Gasteiger partial charge in [-0.05, 0) is 66.9 Å². The summed E-state index contributed by atoms with van der Waals surface area (Å²) in [5.74, 6) is -1.95. The molecule has 3 atom stereocenters. The van der Waals surface area contributed by atoms with Crippen LogP contribution in [0.3, 0.4) is 0 Å². The molecule has 33 heavy (non-hydrogen) atoms. The Labute approximate surface area is 199 Å². The van der Waals surface area contributed by atoms with Gasteiger partial charge < -0.3 is 4.74 Å². The summed E-state index contributed by atoms with van der Waals surface area (Å²) in [5.41, 5.74) is 1.44. The zero-order chi connectivity index (χ0) is 23.1. The van der Waals surface area contributed by atoms with Crippen molar-refractivity contribution in [2.45, 2.75) is 19.1 Å². The Bertz CT molecular complexity index is 1200. The number of hydroxylamine groups is 1. The van der Waals surface area contributed by atoms with Crippen LogP contribution in [-0.4, -0.2) is 30.5 Å². The molecule has 0 aliphatic carbocycles. The standard InChI is InChI=1S/C24H19ClN2O5S/c1-2-31-24(30)14-5-9-16(10-6-14)26-22(28)19-20(18-4-3-13-33-18)27(32-21(19)23(26)29)17-11-7-15(25)8-12-17/h3-13,19-21H,2H2,1H3/t19-,20+,21-/m0/s1. The van der Waals surface area contributed by atoms with E-state index in [0.29, 0.717) is 22.0 Å². The van der Waals surface area contributed by atoms with Crippen LogP contribution in [0.4, 0.5) is 11.4 Å². The average molecular weight is 483 g/mol. The molecule has 168 valence electrons. The molecule has 0 bridgehead atoms. The first-order valence-corrected chi connectivity index (χ1v) is 11.7. The highest BCUT2D eigenvalue weighted by atomic mass is 35.5.